The second kappa shape index (κ2) is 7.79. The Morgan fingerprint density at radius 1 is 1.08 bits per heavy atom. The summed E-state index contributed by atoms with van der Waals surface area (Å²) in [5.74, 6) is -0.469. The Kier molecular flexibility index (Phi) is 5.28. The number of carboxylic acids is 1. The smallest absolute Gasteiger partial charge is 0.335 e. The average molecular weight is 339 g/mol. The van der Waals surface area contributed by atoms with Gasteiger partial charge in [-0.25, -0.2) is 9.59 Å². The Balaban J connectivity index is 1.47. The first-order chi connectivity index (χ1) is 12.1. The van der Waals surface area contributed by atoms with Crippen LogP contribution in [0.2, 0.25) is 0 Å². The Morgan fingerprint density at radius 2 is 1.72 bits per heavy atom. The second-order valence-electron chi connectivity index (χ2n) is 6.20. The van der Waals surface area contributed by atoms with E-state index in [1.165, 1.54) is 5.56 Å². The van der Waals surface area contributed by atoms with Crippen molar-refractivity contribution in [3.63, 3.8) is 0 Å². The molecule has 1 aromatic carbocycles. The van der Waals surface area contributed by atoms with E-state index in [1.807, 2.05) is 29.4 Å². The van der Waals surface area contributed by atoms with E-state index in [-0.39, 0.29) is 11.6 Å². The lowest BCUT2D eigenvalue weighted by atomic mass is 9.90. The number of nitrogens with zero attached hydrogens (tertiary/aromatic N) is 2. The van der Waals surface area contributed by atoms with Crippen molar-refractivity contribution in [3.05, 3.63) is 65.5 Å². The van der Waals surface area contributed by atoms with Crippen molar-refractivity contribution in [2.45, 2.75) is 25.3 Å². The summed E-state index contributed by atoms with van der Waals surface area (Å²) in [7, 11) is 0. The van der Waals surface area contributed by atoms with Crippen molar-refractivity contribution in [2.75, 3.05) is 13.1 Å². The van der Waals surface area contributed by atoms with Crippen LogP contribution in [0, 0.1) is 0 Å². The zero-order chi connectivity index (χ0) is 17.6. The molecule has 0 radical (unpaired) electrons. The lowest BCUT2D eigenvalue weighted by molar-refractivity contribution is 0.0697. The molecule has 2 heterocycles. The number of urea groups is 1. The van der Waals surface area contributed by atoms with Crippen molar-refractivity contribution in [1.82, 2.24) is 15.2 Å². The molecule has 1 saturated heterocycles. The molecular formula is C19H21N3O3. The number of hydrogen-bond acceptors (Lipinski definition) is 3. The van der Waals surface area contributed by atoms with Crippen LogP contribution in [0.25, 0.3) is 0 Å². The zero-order valence-corrected chi connectivity index (χ0v) is 13.9. The fourth-order valence-corrected chi connectivity index (χ4v) is 3.11. The van der Waals surface area contributed by atoms with Gasteiger partial charge in [-0.2, -0.15) is 0 Å². The van der Waals surface area contributed by atoms with Gasteiger partial charge in [0.15, 0.2) is 0 Å². The second-order valence-corrected chi connectivity index (χ2v) is 6.20. The number of carbonyl (C=O) groups excluding carboxylic acids is 1. The molecule has 0 aliphatic carbocycles. The number of aromatic nitrogens is 1. The summed E-state index contributed by atoms with van der Waals surface area (Å²) in [5.41, 5.74) is 2.41. The topological polar surface area (TPSA) is 82.5 Å². The molecule has 1 aliphatic heterocycles. The van der Waals surface area contributed by atoms with Gasteiger partial charge < -0.3 is 15.3 Å². The van der Waals surface area contributed by atoms with Crippen molar-refractivity contribution < 1.29 is 14.7 Å². The lowest BCUT2D eigenvalue weighted by Crippen LogP contribution is -2.43. The summed E-state index contributed by atoms with van der Waals surface area (Å²) in [5, 5.41) is 11.8. The van der Waals surface area contributed by atoms with Crippen LogP contribution in [0.1, 0.15) is 40.2 Å². The van der Waals surface area contributed by atoms with E-state index >= 15 is 0 Å². The number of aromatic carboxylic acids is 1. The normalized spacial score (nSPS) is 15.0. The zero-order valence-electron chi connectivity index (χ0n) is 13.9. The summed E-state index contributed by atoms with van der Waals surface area (Å²) in [6.45, 7) is 1.86. The molecule has 6 heteroatoms. The Bertz CT molecular complexity index is 723. The average Bonchev–Trinajstić information content (AvgIpc) is 2.67. The minimum absolute atomic E-state index is 0.0736. The first-order valence-corrected chi connectivity index (χ1v) is 8.38. The van der Waals surface area contributed by atoms with Gasteiger partial charge in [-0.1, -0.05) is 12.1 Å². The van der Waals surface area contributed by atoms with Crippen LogP contribution in [0.5, 0.6) is 0 Å². The first kappa shape index (κ1) is 17.0. The van der Waals surface area contributed by atoms with E-state index in [0.29, 0.717) is 12.5 Å². The van der Waals surface area contributed by atoms with Gasteiger partial charge in [-0.15, -0.1) is 0 Å². The molecule has 1 fully saturated rings. The Hall–Kier alpha value is -2.89. The highest BCUT2D eigenvalue weighted by Gasteiger charge is 2.23. The van der Waals surface area contributed by atoms with E-state index in [0.717, 1.165) is 31.5 Å². The minimum Gasteiger partial charge on any atom is -0.478 e. The Morgan fingerprint density at radius 3 is 2.32 bits per heavy atom. The SMILES string of the molecule is O=C(O)c1ccc(CNC(=O)N2CCC(c3ccncc3)CC2)cc1. The summed E-state index contributed by atoms with van der Waals surface area (Å²) >= 11 is 0. The predicted molar refractivity (Wildman–Crippen MR) is 93.4 cm³/mol. The largest absolute Gasteiger partial charge is 0.478 e. The molecule has 1 aromatic heterocycles. The van der Waals surface area contributed by atoms with Crippen LogP contribution >= 0.6 is 0 Å². The van der Waals surface area contributed by atoms with Crippen LogP contribution < -0.4 is 5.32 Å². The van der Waals surface area contributed by atoms with Crippen molar-refractivity contribution in [3.8, 4) is 0 Å². The fourth-order valence-electron chi connectivity index (χ4n) is 3.11. The van der Waals surface area contributed by atoms with Crippen molar-refractivity contribution >= 4 is 12.0 Å². The van der Waals surface area contributed by atoms with E-state index in [2.05, 4.69) is 10.3 Å². The summed E-state index contributed by atoms with van der Waals surface area (Å²) in [6.07, 6.45) is 5.52. The number of carboxylic acid groups (broad SMARTS) is 1. The highest BCUT2D eigenvalue weighted by Crippen LogP contribution is 2.27. The molecule has 25 heavy (non-hydrogen) atoms. The maximum Gasteiger partial charge on any atom is 0.335 e. The minimum atomic E-state index is -0.951. The van der Waals surface area contributed by atoms with Crippen molar-refractivity contribution in [2.24, 2.45) is 0 Å². The predicted octanol–water partition coefficient (Wildman–Crippen LogP) is 2.87. The Labute approximate surface area is 146 Å². The third-order valence-electron chi connectivity index (χ3n) is 4.60. The third kappa shape index (κ3) is 4.35. The fraction of sp³-hybridized carbons (Fsp3) is 0.316. The van der Waals surface area contributed by atoms with E-state index in [1.54, 1.807) is 24.3 Å². The number of likely N-dealkylation sites (tertiary alicyclic amines) is 1. The van der Waals surface area contributed by atoms with Crippen LogP contribution in [0.3, 0.4) is 0 Å². The molecule has 0 saturated carbocycles. The lowest BCUT2D eigenvalue weighted by Gasteiger charge is -2.32. The maximum absolute atomic E-state index is 12.3. The number of rotatable bonds is 4. The summed E-state index contributed by atoms with van der Waals surface area (Å²) in [4.78, 5) is 29.0. The first-order valence-electron chi connectivity index (χ1n) is 8.38. The van der Waals surface area contributed by atoms with Gasteiger partial charge in [0.05, 0.1) is 5.56 Å². The van der Waals surface area contributed by atoms with Gasteiger partial charge in [0.2, 0.25) is 0 Å². The molecule has 0 atom stereocenters. The molecule has 1 aliphatic rings. The number of carbonyl (C=O) groups is 2. The van der Waals surface area contributed by atoms with E-state index < -0.39 is 5.97 Å². The monoisotopic (exact) mass is 339 g/mol. The third-order valence-corrected chi connectivity index (χ3v) is 4.60. The number of amides is 2. The standard InChI is InChI=1S/C19H21N3O3/c23-18(24)17-3-1-14(2-4-17)13-21-19(25)22-11-7-16(8-12-22)15-5-9-20-10-6-15/h1-6,9-10,16H,7-8,11-13H2,(H,21,25)(H,23,24). The maximum atomic E-state index is 12.3. The van der Waals surface area contributed by atoms with Gasteiger partial charge in [0.1, 0.15) is 0 Å². The van der Waals surface area contributed by atoms with Gasteiger partial charge in [-0.05, 0) is 54.2 Å². The van der Waals surface area contributed by atoms with E-state index in [4.69, 9.17) is 5.11 Å². The molecular weight excluding hydrogens is 318 g/mol. The molecule has 2 N–H and O–H groups in total. The molecule has 3 rings (SSSR count). The van der Waals surface area contributed by atoms with Crippen LogP contribution in [0.15, 0.2) is 48.8 Å². The molecule has 0 bridgehead atoms. The van der Waals surface area contributed by atoms with Gasteiger partial charge in [-0.3, -0.25) is 4.98 Å². The molecule has 0 unspecified atom stereocenters. The number of pyridine rings is 1. The number of piperidine rings is 1. The number of nitrogens with one attached hydrogen (secondary N) is 1. The van der Waals surface area contributed by atoms with Crippen LogP contribution in [-0.4, -0.2) is 40.1 Å². The highest BCUT2D eigenvalue weighted by molar-refractivity contribution is 5.87. The van der Waals surface area contributed by atoms with Crippen molar-refractivity contribution in [1.29, 1.82) is 0 Å². The number of benzene rings is 1. The molecule has 6 nitrogen and oxygen atoms in total. The molecule has 130 valence electrons. The van der Waals surface area contributed by atoms with Crippen LogP contribution in [-0.2, 0) is 6.54 Å². The quantitative estimate of drug-likeness (QED) is 0.897. The van der Waals surface area contributed by atoms with Gasteiger partial charge >= 0.3 is 12.0 Å². The highest BCUT2D eigenvalue weighted by atomic mass is 16.4. The molecule has 2 aromatic rings. The molecule has 0 spiro atoms. The summed E-state index contributed by atoms with van der Waals surface area (Å²) < 4.78 is 0. The molecule has 2 amide bonds. The van der Waals surface area contributed by atoms with Crippen LogP contribution in [0.4, 0.5) is 4.79 Å². The summed E-state index contributed by atoms with van der Waals surface area (Å²) in [6, 6.07) is 10.5. The van der Waals surface area contributed by atoms with Gasteiger partial charge in [0, 0.05) is 32.0 Å². The van der Waals surface area contributed by atoms with E-state index in [9.17, 15) is 9.59 Å². The van der Waals surface area contributed by atoms with Gasteiger partial charge in [0.25, 0.3) is 0 Å². The number of hydrogen-bond donors (Lipinski definition) is 2.